The van der Waals surface area contributed by atoms with E-state index in [1.165, 1.54) is 0 Å². The zero-order chi connectivity index (χ0) is 7.52. The van der Waals surface area contributed by atoms with Crippen molar-refractivity contribution in [3.8, 4) is 0 Å². The van der Waals surface area contributed by atoms with Gasteiger partial charge in [0.1, 0.15) is 0 Å². The fourth-order valence-corrected chi connectivity index (χ4v) is 3.47. The zero-order valence-electron chi connectivity index (χ0n) is 6.48. The standard InChI is InChI=1S/2C5H5.Al.H/c2*1-2-4-5-3-1;;/h2*1-5H;;. The van der Waals surface area contributed by atoms with Crippen LogP contribution in [0.3, 0.4) is 0 Å². The summed E-state index contributed by atoms with van der Waals surface area (Å²) < 4.78 is 1.62. The highest BCUT2D eigenvalue weighted by Gasteiger charge is 2.14. The third kappa shape index (κ3) is 1.74. The molecule has 0 nitrogen and oxygen atoms in total. The molecule has 0 radical (unpaired) electrons. The summed E-state index contributed by atoms with van der Waals surface area (Å²) in [5.41, 5.74) is 0. The minimum absolute atomic E-state index is 0.0170. The smallest absolute Gasteiger partial charge is 0.0913 e. The molecule has 0 N–H and O–H groups in total. The van der Waals surface area contributed by atoms with Gasteiger partial charge in [-0.25, -0.2) is 0 Å². The maximum atomic E-state index is 2.33. The first-order valence-electron chi connectivity index (χ1n) is 4.15. The van der Waals surface area contributed by atoms with Crippen LogP contribution in [-0.4, -0.2) is 15.2 Å². The number of allylic oxidation sites excluding steroid dienone is 8. The molecule has 1 heteroatoms. The Balaban J connectivity index is 1.90. The molecule has 0 unspecified atom stereocenters. The van der Waals surface area contributed by atoms with Crippen molar-refractivity contribution < 1.29 is 0 Å². The summed E-state index contributed by atoms with van der Waals surface area (Å²) >= 11 is 0.0170. The van der Waals surface area contributed by atoms with Gasteiger partial charge < -0.3 is 0 Å². The van der Waals surface area contributed by atoms with Gasteiger partial charge in [-0.1, -0.05) is 58.2 Å². The molecule has 0 saturated heterocycles. The van der Waals surface area contributed by atoms with Crippen molar-refractivity contribution in [1.82, 2.24) is 0 Å². The summed E-state index contributed by atoms with van der Waals surface area (Å²) in [5.74, 6) is 0. The number of hydrogen-bond acceptors (Lipinski definition) is 0. The molecule has 0 aromatic carbocycles. The second-order valence-electron chi connectivity index (χ2n) is 3.10. The summed E-state index contributed by atoms with van der Waals surface area (Å²) in [6.45, 7) is 0. The van der Waals surface area contributed by atoms with Crippen LogP contribution in [0.5, 0.6) is 0 Å². The van der Waals surface area contributed by atoms with Crippen LogP contribution in [-0.2, 0) is 0 Å². The Labute approximate surface area is 73.7 Å². The van der Waals surface area contributed by atoms with Crippen molar-refractivity contribution in [3.63, 3.8) is 0 Å². The predicted molar refractivity (Wildman–Crippen MR) is 51.2 cm³/mol. The van der Waals surface area contributed by atoms with E-state index in [1.807, 2.05) is 0 Å². The first-order chi connectivity index (χ1) is 5.45. The van der Waals surface area contributed by atoms with E-state index in [4.69, 9.17) is 0 Å². The van der Waals surface area contributed by atoms with Gasteiger partial charge >= 0.3 is 0 Å². The second kappa shape index (κ2) is 3.26. The average molecular weight is 158 g/mol. The largest absolute Gasteiger partial charge is 0.267 e. The van der Waals surface area contributed by atoms with Crippen molar-refractivity contribution in [2.24, 2.45) is 0 Å². The quantitative estimate of drug-likeness (QED) is 0.541. The van der Waals surface area contributed by atoms with Crippen molar-refractivity contribution in [2.75, 3.05) is 0 Å². The third-order valence-electron chi connectivity index (χ3n) is 2.20. The molecule has 2 rings (SSSR count). The third-order valence-corrected chi connectivity index (χ3v) is 4.38. The van der Waals surface area contributed by atoms with Gasteiger partial charge in [0.15, 0.2) is 0 Å². The van der Waals surface area contributed by atoms with Crippen LogP contribution in [0.15, 0.2) is 48.6 Å². The van der Waals surface area contributed by atoms with E-state index in [2.05, 4.69) is 48.6 Å². The van der Waals surface area contributed by atoms with Gasteiger partial charge in [0, 0.05) is 0 Å². The van der Waals surface area contributed by atoms with Crippen molar-refractivity contribution in [2.45, 2.75) is 9.56 Å². The lowest BCUT2D eigenvalue weighted by molar-refractivity contribution is 1.28. The van der Waals surface area contributed by atoms with Crippen LogP contribution in [0.1, 0.15) is 0 Å². The number of rotatable bonds is 2. The minimum atomic E-state index is 0.0170. The molecule has 54 valence electrons. The molecule has 0 aromatic heterocycles. The molecule has 2 aliphatic carbocycles. The molecule has 0 amide bonds. The SMILES string of the molecule is C1=C[CH]([AlH][CH]2C=CC=C2)C=C1. The highest BCUT2D eigenvalue weighted by atomic mass is 27.1. The van der Waals surface area contributed by atoms with Gasteiger partial charge in [-0.05, 0) is 0 Å². The minimum Gasteiger partial charge on any atom is -0.0913 e. The lowest BCUT2D eigenvalue weighted by atomic mass is 10.4. The van der Waals surface area contributed by atoms with E-state index in [9.17, 15) is 0 Å². The van der Waals surface area contributed by atoms with Crippen LogP contribution < -0.4 is 0 Å². The summed E-state index contributed by atoms with van der Waals surface area (Å²) in [5, 5.41) is 0. The molecule has 11 heavy (non-hydrogen) atoms. The topological polar surface area (TPSA) is 0 Å². The molecule has 0 atom stereocenters. The van der Waals surface area contributed by atoms with Crippen molar-refractivity contribution >= 4 is 15.2 Å². The Kier molecular flexibility index (Phi) is 2.12. The Morgan fingerprint density at radius 2 is 1.00 bits per heavy atom. The van der Waals surface area contributed by atoms with Crippen LogP contribution in [0, 0.1) is 0 Å². The normalized spacial score (nSPS) is 22.2. The first-order valence-corrected chi connectivity index (χ1v) is 5.78. The monoisotopic (exact) mass is 158 g/mol. The Hall–Kier alpha value is -0.508. The van der Waals surface area contributed by atoms with E-state index >= 15 is 0 Å². The molecule has 0 saturated carbocycles. The van der Waals surface area contributed by atoms with Crippen LogP contribution in [0.25, 0.3) is 0 Å². The molecule has 2 aliphatic rings. The Morgan fingerprint density at radius 1 is 0.636 bits per heavy atom. The predicted octanol–water partition coefficient (Wildman–Crippen LogP) is 2.25. The highest BCUT2D eigenvalue weighted by molar-refractivity contribution is 6.43. The van der Waals surface area contributed by atoms with Crippen molar-refractivity contribution in [3.05, 3.63) is 48.6 Å². The summed E-state index contributed by atoms with van der Waals surface area (Å²) in [6.07, 6.45) is 18.0. The first kappa shape index (κ1) is 7.16. The van der Waals surface area contributed by atoms with E-state index in [1.54, 1.807) is 0 Å². The molecule has 0 heterocycles. The Morgan fingerprint density at radius 3 is 1.36 bits per heavy atom. The lowest BCUT2D eigenvalue weighted by Gasteiger charge is -2.04. The maximum Gasteiger partial charge on any atom is 0.267 e. The van der Waals surface area contributed by atoms with Crippen molar-refractivity contribution in [1.29, 1.82) is 0 Å². The zero-order valence-corrected chi connectivity index (χ0v) is 7.89. The fourth-order valence-electron chi connectivity index (χ4n) is 1.58. The molecular formula is C10H11Al. The van der Waals surface area contributed by atoms with Crippen LogP contribution >= 0.6 is 0 Å². The van der Waals surface area contributed by atoms with E-state index in [-0.39, 0.29) is 15.2 Å². The molecule has 0 spiro atoms. The lowest BCUT2D eigenvalue weighted by Crippen LogP contribution is -2.01. The van der Waals surface area contributed by atoms with Crippen LogP contribution in [0.4, 0.5) is 0 Å². The van der Waals surface area contributed by atoms with Gasteiger partial charge in [-0.3, -0.25) is 0 Å². The summed E-state index contributed by atoms with van der Waals surface area (Å²) in [6, 6.07) is 0. The molecule has 0 bridgehead atoms. The molecule has 0 fully saturated rings. The highest BCUT2D eigenvalue weighted by Crippen LogP contribution is 2.23. The fraction of sp³-hybridized carbons (Fsp3) is 0.200. The van der Waals surface area contributed by atoms with Gasteiger partial charge in [0.2, 0.25) is 0 Å². The summed E-state index contributed by atoms with van der Waals surface area (Å²) in [7, 11) is 0. The molecule has 0 aliphatic heterocycles. The van der Waals surface area contributed by atoms with Gasteiger partial charge in [-0.2, -0.15) is 0 Å². The molecule has 0 aromatic rings. The average Bonchev–Trinajstić information content (AvgIpc) is 2.60. The Bertz CT molecular complexity index is 196. The van der Waals surface area contributed by atoms with E-state index in [0.29, 0.717) is 0 Å². The van der Waals surface area contributed by atoms with E-state index < -0.39 is 0 Å². The maximum absolute atomic E-state index is 2.33. The second-order valence-corrected chi connectivity index (χ2v) is 5.46. The summed E-state index contributed by atoms with van der Waals surface area (Å²) in [4.78, 5) is 0. The van der Waals surface area contributed by atoms with Gasteiger partial charge in [-0.15, -0.1) is 0 Å². The molecular weight excluding hydrogens is 147 g/mol. The van der Waals surface area contributed by atoms with Gasteiger partial charge in [0.05, 0.1) is 0 Å². The van der Waals surface area contributed by atoms with Gasteiger partial charge in [0.25, 0.3) is 15.2 Å². The number of hydrogen-bond donors (Lipinski definition) is 0. The van der Waals surface area contributed by atoms with E-state index in [0.717, 1.165) is 9.56 Å². The van der Waals surface area contributed by atoms with Crippen LogP contribution in [0.2, 0.25) is 9.56 Å².